The lowest BCUT2D eigenvalue weighted by Crippen LogP contribution is -2.70. The molecule has 2 fully saturated rings. The van der Waals surface area contributed by atoms with Crippen LogP contribution in [0.4, 0.5) is 0 Å². The van der Waals surface area contributed by atoms with Crippen molar-refractivity contribution in [2.75, 3.05) is 6.54 Å². The predicted molar refractivity (Wildman–Crippen MR) is 96.4 cm³/mol. The summed E-state index contributed by atoms with van der Waals surface area (Å²) in [5.74, 6) is -1.56. The van der Waals surface area contributed by atoms with Gasteiger partial charge in [-0.1, -0.05) is 0 Å². The SMILES string of the molecule is CC1(C)S[C@@H]2[C@H](NC(=O)Cc3ccsc3CCN)C(=O)N2[C@H]1C(=O)O. The van der Waals surface area contributed by atoms with Crippen molar-refractivity contribution < 1.29 is 19.5 Å². The molecule has 25 heavy (non-hydrogen) atoms. The molecule has 0 spiro atoms. The van der Waals surface area contributed by atoms with Crippen molar-refractivity contribution in [1.82, 2.24) is 10.2 Å². The van der Waals surface area contributed by atoms with Gasteiger partial charge in [0.1, 0.15) is 17.5 Å². The lowest BCUT2D eigenvalue weighted by Gasteiger charge is -2.43. The van der Waals surface area contributed by atoms with E-state index in [9.17, 15) is 19.5 Å². The van der Waals surface area contributed by atoms with E-state index in [4.69, 9.17) is 5.73 Å². The number of nitrogens with two attached hydrogens (primary N) is 1. The van der Waals surface area contributed by atoms with Gasteiger partial charge in [-0.05, 0) is 43.8 Å². The number of β-lactam (4-membered cyclic amide) rings is 1. The number of carboxylic acids is 1. The summed E-state index contributed by atoms with van der Waals surface area (Å²) >= 11 is 2.99. The third kappa shape index (κ3) is 3.16. The van der Waals surface area contributed by atoms with Crippen LogP contribution in [0.25, 0.3) is 0 Å². The van der Waals surface area contributed by atoms with Gasteiger partial charge in [-0.25, -0.2) is 4.79 Å². The fraction of sp³-hybridized carbons (Fsp3) is 0.562. The minimum Gasteiger partial charge on any atom is -0.480 e. The second-order valence-electron chi connectivity index (χ2n) is 6.73. The molecule has 1 aromatic heterocycles. The average molecular weight is 383 g/mol. The van der Waals surface area contributed by atoms with Crippen LogP contribution in [-0.4, -0.2) is 56.5 Å². The molecule has 0 unspecified atom stereocenters. The zero-order valence-corrected chi connectivity index (χ0v) is 15.7. The van der Waals surface area contributed by atoms with E-state index in [1.165, 1.54) is 16.7 Å². The normalized spacial score (nSPS) is 26.9. The first-order chi connectivity index (χ1) is 11.8. The highest BCUT2D eigenvalue weighted by molar-refractivity contribution is 8.01. The molecular weight excluding hydrogens is 362 g/mol. The molecule has 136 valence electrons. The maximum atomic E-state index is 12.4. The quantitative estimate of drug-likeness (QED) is 0.614. The summed E-state index contributed by atoms with van der Waals surface area (Å²) in [6.45, 7) is 4.15. The van der Waals surface area contributed by atoms with Crippen LogP contribution in [0.3, 0.4) is 0 Å². The van der Waals surface area contributed by atoms with Crippen LogP contribution < -0.4 is 11.1 Å². The Bertz CT molecular complexity index is 718. The first-order valence-corrected chi connectivity index (χ1v) is 9.79. The smallest absolute Gasteiger partial charge is 0.327 e. The molecule has 3 heterocycles. The molecule has 4 N–H and O–H groups in total. The van der Waals surface area contributed by atoms with Gasteiger partial charge in [-0.15, -0.1) is 23.1 Å². The number of carboxylic acid groups (broad SMARTS) is 1. The van der Waals surface area contributed by atoms with Crippen LogP contribution in [0.2, 0.25) is 0 Å². The molecule has 9 heteroatoms. The molecule has 3 atom stereocenters. The van der Waals surface area contributed by atoms with Crippen LogP contribution in [-0.2, 0) is 27.2 Å². The van der Waals surface area contributed by atoms with Crippen LogP contribution in [0.5, 0.6) is 0 Å². The van der Waals surface area contributed by atoms with Crippen LogP contribution >= 0.6 is 23.1 Å². The summed E-state index contributed by atoms with van der Waals surface area (Å²) in [6, 6.07) is 0.381. The summed E-state index contributed by atoms with van der Waals surface area (Å²) < 4.78 is -0.590. The number of aliphatic carboxylic acids is 1. The Balaban J connectivity index is 1.65. The number of rotatable bonds is 6. The van der Waals surface area contributed by atoms with Crippen LogP contribution in [0.1, 0.15) is 24.3 Å². The van der Waals surface area contributed by atoms with E-state index in [2.05, 4.69) is 5.32 Å². The van der Waals surface area contributed by atoms with Gasteiger partial charge in [-0.3, -0.25) is 9.59 Å². The number of hydrogen-bond acceptors (Lipinski definition) is 6. The number of hydrogen-bond donors (Lipinski definition) is 3. The van der Waals surface area contributed by atoms with Crippen molar-refractivity contribution in [2.45, 2.75) is 48.9 Å². The van der Waals surface area contributed by atoms with E-state index < -0.39 is 22.8 Å². The summed E-state index contributed by atoms with van der Waals surface area (Å²) in [5, 5.41) is 13.8. The number of amides is 2. The minimum absolute atomic E-state index is 0.200. The van der Waals surface area contributed by atoms with Crippen molar-refractivity contribution in [3.05, 3.63) is 21.9 Å². The molecule has 2 aliphatic rings. The largest absolute Gasteiger partial charge is 0.480 e. The molecule has 0 aromatic carbocycles. The number of carbonyl (C=O) groups is 3. The summed E-state index contributed by atoms with van der Waals surface area (Å²) in [4.78, 5) is 38.7. The molecule has 1 aromatic rings. The third-order valence-corrected chi connectivity index (χ3v) is 7.15. The number of carbonyl (C=O) groups excluding carboxylic acids is 2. The van der Waals surface area contributed by atoms with E-state index in [0.29, 0.717) is 6.54 Å². The maximum absolute atomic E-state index is 12.4. The van der Waals surface area contributed by atoms with E-state index in [1.54, 1.807) is 11.3 Å². The molecule has 2 amide bonds. The van der Waals surface area contributed by atoms with Gasteiger partial charge < -0.3 is 21.1 Å². The molecule has 0 radical (unpaired) electrons. The zero-order valence-electron chi connectivity index (χ0n) is 14.0. The Morgan fingerprint density at radius 3 is 2.80 bits per heavy atom. The van der Waals surface area contributed by atoms with Crippen molar-refractivity contribution in [3.8, 4) is 0 Å². The topological polar surface area (TPSA) is 113 Å². The molecule has 3 rings (SSSR count). The Labute approximate surface area is 153 Å². The second-order valence-corrected chi connectivity index (χ2v) is 9.50. The Morgan fingerprint density at radius 2 is 2.16 bits per heavy atom. The van der Waals surface area contributed by atoms with Gasteiger partial charge in [0.25, 0.3) is 0 Å². The molecule has 7 nitrogen and oxygen atoms in total. The van der Waals surface area contributed by atoms with Crippen LogP contribution in [0, 0.1) is 0 Å². The number of thioether (sulfide) groups is 1. The van der Waals surface area contributed by atoms with Gasteiger partial charge in [0.15, 0.2) is 0 Å². The van der Waals surface area contributed by atoms with Gasteiger partial charge >= 0.3 is 5.97 Å². The van der Waals surface area contributed by atoms with E-state index in [0.717, 1.165) is 16.9 Å². The number of nitrogens with zero attached hydrogens (tertiary/aromatic N) is 1. The van der Waals surface area contributed by atoms with Gasteiger partial charge in [0, 0.05) is 9.62 Å². The highest BCUT2D eigenvalue weighted by Gasteiger charge is 2.64. The van der Waals surface area contributed by atoms with E-state index >= 15 is 0 Å². The van der Waals surface area contributed by atoms with E-state index in [-0.39, 0.29) is 23.6 Å². The standard InChI is InChI=1S/C16H21N3O4S2/c1-16(2)12(15(22)23)19-13(21)11(14(19)25-16)18-10(20)7-8-4-6-24-9(8)3-5-17/h4,6,11-12,14H,3,5,7,17H2,1-2H3,(H,18,20)(H,22,23)/t11-,12+,14-/m1/s1. The Morgan fingerprint density at radius 1 is 1.44 bits per heavy atom. The highest BCUT2D eigenvalue weighted by atomic mass is 32.2. The first kappa shape index (κ1) is 18.2. The molecule has 0 saturated carbocycles. The summed E-state index contributed by atoms with van der Waals surface area (Å²) in [7, 11) is 0. The highest BCUT2D eigenvalue weighted by Crippen LogP contribution is 2.50. The lowest BCUT2D eigenvalue weighted by molar-refractivity contribution is -0.161. The summed E-state index contributed by atoms with van der Waals surface area (Å²) in [5.41, 5.74) is 6.51. The van der Waals surface area contributed by atoms with Crippen molar-refractivity contribution >= 4 is 40.9 Å². The van der Waals surface area contributed by atoms with Crippen molar-refractivity contribution in [2.24, 2.45) is 5.73 Å². The van der Waals surface area contributed by atoms with Gasteiger partial charge in [0.05, 0.1) is 6.42 Å². The van der Waals surface area contributed by atoms with E-state index in [1.807, 2.05) is 25.3 Å². The first-order valence-electron chi connectivity index (χ1n) is 8.03. The Hall–Kier alpha value is -1.58. The molecule has 2 saturated heterocycles. The van der Waals surface area contributed by atoms with Gasteiger partial charge in [-0.2, -0.15) is 0 Å². The summed E-state index contributed by atoms with van der Waals surface area (Å²) in [6.07, 6.45) is 0.926. The zero-order chi connectivity index (χ0) is 18.4. The number of thiophene rings is 1. The Kier molecular flexibility index (Phi) is 4.82. The van der Waals surface area contributed by atoms with Crippen molar-refractivity contribution in [3.63, 3.8) is 0 Å². The van der Waals surface area contributed by atoms with Gasteiger partial charge in [0.2, 0.25) is 11.8 Å². The maximum Gasteiger partial charge on any atom is 0.327 e. The molecule has 0 aliphatic carbocycles. The number of fused-ring (bicyclic) bond motifs is 1. The average Bonchev–Trinajstić information content (AvgIpc) is 3.05. The molecular formula is C16H21N3O4S2. The predicted octanol–water partition coefficient (Wildman–Crippen LogP) is 0.424. The molecule has 2 aliphatic heterocycles. The molecule has 0 bridgehead atoms. The fourth-order valence-electron chi connectivity index (χ4n) is 3.42. The number of nitrogens with one attached hydrogen (secondary N) is 1. The minimum atomic E-state index is -1.01. The second kappa shape index (κ2) is 6.62. The monoisotopic (exact) mass is 383 g/mol. The van der Waals surface area contributed by atoms with Crippen molar-refractivity contribution in [1.29, 1.82) is 0 Å². The fourth-order valence-corrected chi connectivity index (χ4v) is 5.97. The van der Waals surface area contributed by atoms with Crippen LogP contribution in [0.15, 0.2) is 11.4 Å². The lowest BCUT2D eigenvalue weighted by atomic mass is 9.96. The third-order valence-electron chi connectivity index (χ3n) is 4.55.